The van der Waals surface area contributed by atoms with E-state index in [4.69, 9.17) is 10.5 Å². The zero-order chi connectivity index (χ0) is 23.9. The molecule has 176 valence electrons. The van der Waals surface area contributed by atoms with E-state index >= 15 is 0 Å². The average Bonchev–Trinajstić information content (AvgIpc) is 3.22. The number of ether oxygens (including phenoxy) is 1. The Kier molecular flexibility index (Phi) is 6.34. The molecule has 1 aliphatic heterocycles. The molecule has 3 aromatic rings. The normalized spacial score (nSPS) is 20.0. The molecule has 1 amide bonds. The predicted molar refractivity (Wildman–Crippen MR) is 112 cm³/mol. The molecule has 1 aromatic carbocycles. The van der Waals surface area contributed by atoms with Crippen molar-refractivity contribution in [3.63, 3.8) is 0 Å². The van der Waals surface area contributed by atoms with Crippen LogP contribution in [0.4, 0.5) is 22.0 Å². The van der Waals surface area contributed by atoms with Gasteiger partial charge >= 0.3 is 6.18 Å². The minimum atomic E-state index is -4.46. The maximum Gasteiger partial charge on any atom is 0.415 e. The van der Waals surface area contributed by atoms with Crippen molar-refractivity contribution in [1.29, 1.82) is 0 Å². The Bertz CT molecular complexity index is 1180. The third kappa shape index (κ3) is 5.12. The fourth-order valence-electron chi connectivity index (χ4n) is 3.82. The topological polar surface area (TPSA) is 81.3 Å². The molecule has 1 aliphatic rings. The third-order valence-electron chi connectivity index (χ3n) is 5.21. The van der Waals surface area contributed by atoms with Crippen molar-refractivity contribution < 1.29 is 31.5 Å². The number of hydrogen-bond donors (Lipinski definition) is 1. The predicted octanol–water partition coefficient (Wildman–Crippen LogP) is 4.55. The summed E-state index contributed by atoms with van der Waals surface area (Å²) in [6, 6.07) is 6.51. The number of pyridine rings is 1. The van der Waals surface area contributed by atoms with Crippen molar-refractivity contribution in [2.45, 2.75) is 38.3 Å². The molecular formula is C21H19F5N4O2S. The maximum atomic E-state index is 13.2. The first-order valence-corrected chi connectivity index (χ1v) is 10.7. The van der Waals surface area contributed by atoms with Gasteiger partial charge in [-0.2, -0.15) is 13.2 Å². The molecule has 12 heteroatoms. The second-order valence-corrected chi connectivity index (χ2v) is 8.87. The van der Waals surface area contributed by atoms with E-state index in [9.17, 15) is 26.7 Å². The lowest BCUT2D eigenvalue weighted by atomic mass is 10.0. The minimum Gasteiger partial charge on any atom is -0.364 e. The van der Waals surface area contributed by atoms with E-state index in [-0.39, 0.29) is 23.8 Å². The molecule has 1 saturated heterocycles. The van der Waals surface area contributed by atoms with Crippen LogP contribution in [0.5, 0.6) is 0 Å². The first-order valence-electron chi connectivity index (χ1n) is 9.93. The van der Waals surface area contributed by atoms with Gasteiger partial charge in [0.1, 0.15) is 5.69 Å². The smallest absolute Gasteiger partial charge is 0.364 e. The van der Waals surface area contributed by atoms with Gasteiger partial charge in [0.2, 0.25) is 0 Å². The number of carbonyl (C=O) groups is 1. The Morgan fingerprint density at radius 3 is 2.70 bits per heavy atom. The largest absolute Gasteiger partial charge is 0.415 e. The summed E-state index contributed by atoms with van der Waals surface area (Å²) in [6.45, 7) is 1.82. The number of alkyl halides is 5. The van der Waals surface area contributed by atoms with Gasteiger partial charge in [0.15, 0.2) is 11.1 Å². The summed E-state index contributed by atoms with van der Waals surface area (Å²) in [5, 5.41) is 0.226. The third-order valence-corrected chi connectivity index (χ3v) is 6.25. The minimum absolute atomic E-state index is 0.0567. The second kappa shape index (κ2) is 8.92. The number of primary amides is 1. The van der Waals surface area contributed by atoms with Gasteiger partial charge in [-0.3, -0.25) is 9.69 Å². The molecule has 2 atom stereocenters. The van der Waals surface area contributed by atoms with Gasteiger partial charge in [-0.15, -0.1) is 11.3 Å². The summed E-state index contributed by atoms with van der Waals surface area (Å²) in [6.07, 6.45) is -8.35. The molecule has 3 heterocycles. The van der Waals surface area contributed by atoms with Crippen LogP contribution >= 0.6 is 11.3 Å². The highest BCUT2D eigenvalue weighted by Crippen LogP contribution is 2.36. The summed E-state index contributed by atoms with van der Waals surface area (Å²) in [7, 11) is 0. The van der Waals surface area contributed by atoms with Crippen LogP contribution in [0.2, 0.25) is 0 Å². The van der Waals surface area contributed by atoms with Crippen LogP contribution in [0, 0.1) is 0 Å². The van der Waals surface area contributed by atoms with E-state index in [1.807, 2.05) is 0 Å². The highest BCUT2D eigenvalue weighted by atomic mass is 32.1. The molecule has 6 nitrogen and oxygen atoms in total. The van der Waals surface area contributed by atoms with Gasteiger partial charge in [-0.1, -0.05) is 12.1 Å². The van der Waals surface area contributed by atoms with Gasteiger partial charge in [-0.25, -0.2) is 18.7 Å². The molecule has 2 unspecified atom stereocenters. The number of nitrogens with two attached hydrogens (primary N) is 1. The standard InChI is InChI=1S/C21H19F5N4O2S/c1-10-7-30(9-17(32-10)21(24,25)26)8-11-2-3-12-13(16-6-28-20(33-16)18(22)23)5-15(19(27)31)29-14(12)4-11/h2-6,10,17-18H,7-9H2,1H3,(H2,27,31). The van der Waals surface area contributed by atoms with Crippen molar-refractivity contribution in [3.05, 3.63) is 46.7 Å². The van der Waals surface area contributed by atoms with E-state index in [2.05, 4.69) is 9.97 Å². The van der Waals surface area contributed by atoms with Crippen LogP contribution < -0.4 is 5.73 Å². The second-order valence-electron chi connectivity index (χ2n) is 7.81. The molecule has 2 N–H and O–H groups in total. The number of carbonyl (C=O) groups excluding carboxylic acids is 1. The number of halogens is 5. The number of nitrogens with zero attached hydrogens (tertiary/aromatic N) is 3. The number of thiazole rings is 1. The van der Waals surface area contributed by atoms with E-state index in [1.165, 1.54) is 12.3 Å². The van der Waals surface area contributed by atoms with Crippen molar-refractivity contribution in [2.24, 2.45) is 5.73 Å². The monoisotopic (exact) mass is 486 g/mol. The first kappa shape index (κ1) is 23.5. The molecule has 1 fully saturated rings. The van der Waals surface area contributed by atoms with E-state index in [0.717, 1.165) is 11.3 Å². The molecule has 33 heavy (non-hydrogen) atoms. The van der Waals surface area contributed by atoms with Gasteiger partial charge in [-0.05, 0) is 24.6 Å². The van der Waals surface area contributed by atoms with Crippen LogP contribution in [-0.4, -0.2) is 52.2 Å². The van der Waals surface area contributed by atoms with Crippen LogP contribution in [0.3, 0.4) is 0 Å². The lowest BCUT2D eigenvalue weighted by molar-refractivity contribution is -0.252. The summed E-state index contributed by atoms with van der Waals surface area (Å²) >= 11 is 0.795. The Morgan fingerprint density at radius 1 is 1.30 bits per heavy atom. The van der Waals surface area contributed by atoms with Crippen LogP contribution in [0.25, 0.3) is 21.3 Å². The molecule has 0 spiro atoms. The summed E-state index contributed by atoms with van der Waals surface area (Å²) in [4.78, 5) is 21.9. The lowest BCUT2D eigenvalue weighted by Gasteiger charge is -2.37. The van der Waals surface area contributed by atoms with E-state index < -0.39 is 30.7 Å². The number of hydrogen-bond acceptors (Lipinski definition) is 6. The highest BCUT2D eigenvalue weighted by Gasteiger charge is 2.44. The molecular weight excluding hydrogens is 467 g/mol. The van der Waals surface area contributed by atoms with Crippen molar-refractivity contribution in [1.82, 2.24) is 14.9 Å². The summed E-state index contributed by atoms with van der Waals surface area (Å²) in [5.41, 5.74) is 6.87. The molecule has 0 aliphatic carbocycles. The van der Waals surface area contributed by atoms with Crippen molar-refractivity contribution >= 4 is 28.1 Å². The summed E-state index contributed by atoms with van der Waals surface area (Å²) < 4.78 is 70.5. The summed E-state index contributed by atoms with van der Waals surface area (Å²) in [5.74, 6) is -0.794. The Balaban J connectivity index is 1.69. The maximum absolute atomic E-state index is 13.2. The number of amides is 1. The zero-order valence-corrected chi connectivity index (χ0v) is 18.1. The average molecular weight is 486 g/mol. The van der Waals surface area contributed by atoms with Crippen molar-refractivity contribution in [2.75, 3.05) is 13.1 Å². The molecule has 0 bridgehead atoms. The number of fused-ring (bicyclic) bond motifs is 1. The zero-order valence-electron chi connectivity index (χ0n) is 17.3. The number of benzene rings is 1. The van der Waals surface area contributed by atoms with Gasteiger partial charge in [0.05, 0.1) is 16.5 Å². The Hall–Kier alpha value is -2.70. The molecule has 4 rings (SSSR count). The molecule has 2 aromatic heterocycles. The fraction of sp³-hybridized carbons (Fsp3) is 0.381. The first-order chi connectivity index (χ1) is 15.5. The SMILES string of the molecule is CC1CN(Cc2ccc3c(-c4cnc(C(F)F)s4)cc(C(N)=O)nc3c2)CC(C(F)(F)F)O1. The number of morpholine rings is 1. The van der Waals surface area contributed by atoms with E-state index in [0.29, 0.717) is 33.5 Å². The highest BCUT2D eigenvalue weighted by molar-refractivity contribution is 7.15. The van der Waals surface area contributed by atoms with Gasteiger partial charge in [0, 0.05) is 36.8 Å². The quantitative estimate of drug-likeness (QED) is 0.536. The van der Waals surface area contributed by atoms with Gasteiger partial charge < -0.3 is 10.5 Å². The Morgan fingerprint density at radius 2 is 2.06 bits per heavy atom. The fourth-order valence-corrected chi connectivity index (χ4v) is 4.63. The molecule has 0 saturated carbocycles. The van der Waals surface area contributed by atoms with Gasteiger partial charge in [0.25, 0.3) is 12.3 Å². The number of rotatable bonds is 5. The Labute approximate surface area is 189 Å². The lowest BCUT2D eigenvalue weighted by Crippen LogP contribution is -2.51. The number of aromatic nitrogens is 2. The van der Waals surface area contributed by atoms with Crippen molar-refractivity contribution in [3.8, 4) is 10.4 Å². The van der Waals surface area contributed by atoms with Crippen LogP contribution in [0.15, 0.2) is 30.5 Å². The molecule has 0 radical (unpaired) electrons. The van der Waals surface area contributed by atoms with E-state index in [1.54, 1.807) is 30.0 Å². The van der Waals surface area contributed by atoms with Crippen LogP contribution in [0.1, 0.15) is 34.4 Å². The van der Waals surface area contributed by atoms with Crippen LogP contribution in [-0.2, 0) is 11.3 Å².